The van der Waals surface area contributed by atoms with Crippen LogP contribution in [0.3, 0.4) is 0 Å². The minimum Gasteiger partial charge on any atom is -0.312 e. The molecule has 0 bridgehead atoms. The zero-order valence-electron chi connectivity index (χ0n) is 13.3. The van der Waals surface area contributed by atoms with Crippen molar-refractivity contribution in [1.29, 1.82) is 0 Å². The van der Waals surface area contributed by atoms with Crippen molar-refractivity contribution in [2.24, 2.45) is 0 Å². The van der Waals surface area contributed by atoms with E-state index in [1.807, 2.05) is 6.07 Å². The van der Waals surface area contributed by atoms with E-state index >= 15 is 0 Å². The molecule has 0 aliphatic carbocycles. The smallest absolute Gasteiger partial charge is 0.257 e. The average molecular weight is 362 g/mol. The first-order valence-corrected chi connectivity index (χ1v) is 9.65. The fourth-order valence-corrected chi connectivity index (χ4v) is 4.09. The molecule has 1 fully saturated rings. The molecule has 0 atom stereocenters. The first kappa shape index (κ1) is 16.9. The number of nitrogens with zero attached hydrogens (tertiary/aromatic N) is 3. The van der Waals surface area contributed by atoms with Crippen LogP contribution in [-0.2, 0) is 4.79 Å². The van der Waals surface area contributed by atoms with E-state index in [0.29, 0.717) is 23.7 Å². The van der Waals surface area contributed by atoms with Gasteiger partial charge in [-0.3, -0.25) is 14.9 Å². The van der Waals surface area contributed by atoms with Gasteiger partial charge in [0.1, 0.15) is 0 Å². The Balaban J connectivity index is 1.68. The lowest BCUT2D eigenvalue weighted by atomic mass is 10.2. The van der Waals surface area contributed by atoms with Crippen molar-refractivity contribution in [3.63, 3.8) is 0 Å². The van der Waals surface area contributed by atoms with Crippen LogP contribution in [0.5, 0.6) is 0 Å². The molecule has 1 aliphatic heterocycles. The summed E-state index contributed by atoms with van der Waals surface area (Å²) in [4.78, 5) is 26.0. The van der Waals surface area contributed by atoms with Crippen molar-refractivity contribution in [2.75, 3.05) is 22.5 Å². The largest absolute Gasteiger partial charge is 0.312 e. The second kappa shape index (κ2) is 7.76. The van der Waals surface area contributed by atoms with Gasteiger partial charge in [0.15, 0.2) is 4.34 Å². The van der Waals surface area contributed by atoms with Gasteiger partial charge in [-0.2, -0.15) is 0 Å². The van der Waals surface area contributed by atoms with Gasteiger partial charge < -0.3 is 4.90 Å². The number of aromatic nitrogens is 2. The van der Waals surface area contributed by atoms with Gasteiger partial charge in [0, 0.05) is 30.0 Å². The molecule has 2 amide bonds. The summed E-state index contributed by atoms with van der Waals surface area (Å²) >= 11 is 3.00. The van der Waals surface area contributed by atoms with E-state index < -0.39 is 0 Å². The number of rotatable bonds is 6. The maximum absolute atomic E-state index is 12.4. The number of thioether (sulfide) groups is 1. The molecule has 1 aliphatic rings. The third-order valence-electron chi connectivity index (χ3n) is 3.55. The zero-order valence-corrected chi connectivity index (χ0v) is 15.0. The summed E-state index contributed by atoms with van der Waals surface area (Å²) in [7, 11) is 0. The average Bonchev–Trinajstić information content (AvgIpc) is 3.22. The number of carbonyl (C=O) groups is 2. The van der Waals surface area contributed by atoms with Crippen molar-refractivity contribution in [3.05, 3.63) is 29.8 Å². The molecule has 1 aromatic heterocycles. The van der Waals surface area contributed by atoms with Gasteiger partial charge in [-0.25, -0.2) is 0 Å². The highest BCUT2D eigenvalue weighted by atomic mass is 32.2. The maximum Gasteiger partial charge on any atom is 0.257 e. The topological polar surface area (TPSA) is 75.2 Å². The number of benzene rings is 1. The van der Waals surface area contributed by atoms with E-state index in [9.17, 15) is 9.59 Å². The molecule has 0 unspecified atom stereocenters. The summed E-state index contributed by atoms with van der Waals surface area (Å²) in [6.45, 7) is 2.81. The number of hydrogen-bond donors (Lipinski definition) is 1. The SMILES string of the molecule is CCCSc1nnc(NC(=O)c2cccc(N3CCCC3=O)c2)s1. The molecular formula is C16H18N4O2S2. The highest BCUT2D eigenvalue weighted by molar-refractivity contribution is 8.01. The Bertz CT molecular complexity index is 747. The highest BCUT2D eigenvalue weighted by Crippen LogP contribution is 2.27. The van der Waals surface area contributed by atoms with E-state index in [2.05, 4.69) is 22.4 Å². The van der Waals surface area contributed by atoms with Gasteiger partial charge >= 0.3 is 0 Å². The van der Waals surface area contributed by atoms with Crippen molar-refractivity contribution in [2.45, 2.75) is 30.5 Å². The molecule has 0 spiro atoms. The lowest BCUT2D eigenvalue weighted by Crippen LogP contribution is -2.24. The summed E-state index contributed by atoms with van der Waals surface area (Å²) in [6, 6.07) is 7.11. The number of hydrogen-bond acceptors (Lipinski definition) is 6. The van der Waals surface area contributed by atoms with Crippen LogP contribution in [-0.4, -0.2) is 34.3 Å². The monoisotopic (exact) mass is 362 g/mol. The predicted octanol–water partition coefficient (Wildman–Crippen LogP) is 3.42. The normalized spacial score (nSPS) is 14.2. The summed E-state index contributed by atoms with van der Waals surface area (Å²) in [5, 5.41) is 11.3. The molecule has 24 heavy (non-hydrogen) atoms. The van der Waals surface area contributed by atoms with Gasteiger partial charge in [0.05, 0.1) is 0 Å². The fourth-order valence-electron chi connectivity index (χ4n) is 2.41. The molecule has 6 nitrogen and oxygen atoms in total. The Morgan fingerprint density at radius 3 is 3.04 bits per heavy atom. The standard InChI is InChI=1S/C16H18N4O2S2/c1-2-9-23-16-19-18-15(24-16)17-14(22)11-5-3-6-12(10-11)20-8-4-7-13(20)21/h3,5-6,10H,2,4,7-9H2,1H3,(H,17,18,22). The van der Waals surface area contributed by atoms with Crippen LogP contribution in [0, 0.1) is 0 Å². The first-order chi connectivity index (χ1) is 11.7. The minimum atomic E-state index is -0.244. The fraction of sp³-hybridized carbons (Fsp3) is 0.375. The zero-order chi connectivity index (χ0) is 16.9. The molecule has 2 aromatic rings. The van der Waals surface area contributed by atoms with Crippen molar-refractivity contribution < 1.29 is 9.59 Å². The van der Waals surface area contributed by atoms with Gasteiger partial charge in [-0.05, 0) is 31.0 Å². The van der Waals surface area contributed by atoms with Crippen molar-refractivity contribution >= 4 is 45.7 Å². The molecule has 126 valence electrons. The van der Waals surface area contributed by atoms with Crippen LogP contribution < -0.4 is 10.2 Å². The number of anilines is 2. The molecule has 1 aromatic carbocycles. The highest BCUT2D eigenvalue weighted by Gasteiger charge is 2.22. The number of amides is 2. The van der Waals surface area contributed by atoms with Gasteiger partial charge in [-0.1, -0.05) is 36.1 Å². The quantitative estimate of drug-likeness (QED) is 0.629. The Kier molecular flexibility index (Phi) is 5.47. The number of carbonyl (C=O) groups excluding carboxylic acids is 2. The van der Waals surface area contributed by atoms with Gasteiger partial charge in [0.25, 0.3) is 5.91 Å². The summed E-state index contributed by atoms with van der Waals surface area (Å²) in [6.07, 6.45) is 2.49. The van der Waals surface area contributed by atoms with E-state index in [1.54, 1.807) is 34.9 Å². The predicted molar refractivity (Wildman–Crippen MR) is 96.9 cm³/mol. The molecular weight excluding hydrogens is 344 g/mol. The minimum absolute atomic E-state index is 0.106. The van der Waals surface area contributed by atoms with E-state index in [4.69, 9.17) is 0 Å². The molecule has 1 saturated heterocycles. The van der Waals surface area contributed by atoms with Crippen LogP contribution >= 0.6 is 23.1 Å². The Morgan fingerprint density at radius 2 is 2.29 bits per heavy atom. The second-order valence-electron chi connectivity index (χ2n) is 5.37. The summed E-state index contributed by atoms with van der Waals surface area (Å²) in [5.41, 5.74) is 1.27. The third kappa shape index (κ3) is 3.93. The second-order valence-corrected chi connectivity index (χ2v) is 7.69. The molecule has 0 saturated carbocycles. The third-order valence-corrected chi connectivity index (χ3v) is 5.73. The van der Waals surface area contributed by atoms with E-state index in [-0.39, 0.29) is 11.8 Å². The van der Waals surface area contributed by atoms with Crippen LogP contribution in [0.4, 0.5) is 10.8 Å². The molecule has 0 radical (unpaired) electrons. The van der Waals surface area contributed by atoms with Gasteiger partial charge in [0.2, 0.25) is 11.0 Å². The number of nitrogens with one attached hydrogen (secondary N) is 1. The van der Waals surface area contributed by atoms with E-state index in [0.717, 1.165) is 28.6 Å². The van der Waals surface area contributed by atoms with Gasteiger partial charge in [-0.15, -0.1) is 10.2 Å². The summed E-state index contributed by atoms with van der Waals surface area (Å²) < 4.78 is 0.851. The van der Waals surface area contributed by atoms with Crippen LogP contribution in [0.1, 0.15) is 36.5 Å². The Labute approximate surface area is 148 Å². The first-order valence-electron chi connectivity index (χ1n) is 7.85. The maximum atomic E-state index is 12.4. The molecule has 2 heterocycles. The van der Waals surface area contributed by atoms with Crippen molar-refractivity contribution in [3.8, 4) is 0 Å². The van der Waals surface area contributed by atoms with E-state index in [1.165, 1.54) is 11.3 Å². The summed E-state index contributed by atoms with van der Waals surface area (Å²) in [5.74, 6) is 0.843. The van der Waals surface area contributed by atoms with Crippen molar-refractivity contribution in [1.82, 2.24) is 10.2 Å². The molecule has 3 rings (SSSR count). The van der Waals surface area contributed by atoms with Crippen LogP contribution in [0.2, 0.25) is 0 Å². The van der Waals surface area contributed by atoms with Crippen LogP contribution in [0.15, 0.2) is 28.6 Å². The lowest BCUT2D eigenvalue weighted by Gasteiger charge is -2.16. The van der Waals surface area contributed by atoms with Crippen LogP contribution in [0.25, 0.3) is 0 Å². The Hall–Kier alpha value is -1.93. The Morgan fingerprint density at radius 1 is 1.42 bits per heavy atom. The molecule has 1 N–H and O–H groups in total. The lowest BCUT2D eigenvalue weighted by molar-refractivity contribution is -0.117. The molecule has 8 heteroatoms.